The summed E-state index contributed by atoms with van der Waals surface area (Å²) < 4.78 is 0. The third-order valence-electron chi connectivity index (χ3n) is 1.06. The molecule has 10 heavy (non-hydrogen) atoms. The molecule has 0 bridgehead atoms. The highest BCUT2D eigenvalue weighted by molar-refractivity contribution is 5.72. The van der Waals surface area contributed by atoms with E-state index in [0.29, 0.717) is 0 Å². The molecule has 0 spiro atoms. The second-order valence-corrected chi connectivity index (χ2v) is 1.89. The van der Waals surface area contributed by atoms with Crippen LogP contribution >= 0.6 is 0 Å². The fourth-order valence-electron chi connectivity index (χ4n) is 0.282. The maximum atomic E-state index is 10.5. The molecule has 0 aliphatic heterocycles. The van der Waals surface area contributed by atoms with Crippen LogP contribution in [0.3, 0.4) is 0 Å². The normalized spacial score (nSPS) is 8.30. The summed E-state index contributed by atoms with van der Waals surface area (Å²) in [6.45, 7) is 5.53. The second-order valence-electron chi connectivity index (χ2n) is 1.89. The molecule has 0 heterocycles. The zero-order valence-electron chi connectivity index (χ0n) is 7.80. The van der Waals surface area contributed by atoms with Gasteiger partial charge in [-0.25, -0.2) is 5.01 Å². The second kappa shape index (κ2) is 6.55. The average molecular weight is 146 g/mol. The molecule has 0 aliphatic rings. The third kappa shape index (κ3) is 5.56. The summed E-state index contributed by atoms with van der Waals surface area (Å²) in [5, 5.41) is 3.25. The fourth-order valence-corrected chi connectivity index (χ4v) is 0.282. The van der Waals surface area contributed by atoms with Crippen LogP contribution in [0.25, 0.3) is 0 Å². The Morgan fingerprint density at radius 2 is 1.40 bits per heavy atom. The Labute approximate surface area is 63.6 Å². The Morgan fingerprint density at radius 1 is 1.10 bits per heavy atom. The Kier molecular flexibility index (Phi) is 7.95. The van der Waals surface area contributed by atoms with E-state index in [-0.39, 0.29) is 5.91 Å². The lowest BCUT2D eigenvalue weighted by Gasteiger charge is -2.21. The van der Waals surface area contributed by atoms with Crippen molar-refractivity contribution in [2.45, 2.75) is 20.8 Å². The number of hydrogen-bond donors (Lipinski definition) is 0. The summed E-state index contributed by atoms with van der Waals surface area (Å²) in [6.07, 6.45) is 0. The molecule has 62 valence electrons. The minimum absolute atomic E-state index is 0.0509. The van der Waals surface area contributed by atoms with Crippen molar-refractivity contribution in [3.8, 4) is 0 Å². The van der Waals surface area contributed by atoms with E-state index >= 15 is 0 Å². The van der Waals surface area contributed by atoms with E-state index in [9.17, 15) is 4.79 Å². The third-order valence-corrected chi connectivity index (χ3v) is 1.06. The summed E-state index contributed by atoms with van der Waals surface area (Å²) in [4.78, 5) is 10.5. The van der Waals surface area contributed by atoms with Gasteiger partial charge in [-0.3, -0.25) is 9.80 Å². The molecule has 0 fully saturated rings. The van der Waals surface area contributed by atoms with Crippen LogP contribution in [-0.4, -0.2) is 37.1 Å². The number of amides is 1. The Bertz CT molecular complexity index is 91.6. The Balaban J connectivity index is 0. The van der Waals surface area contributed by atoms with Crippen molar-refractivity contribution >= 4 is 5.91 Å². The largest absolute Gasteiger partial charge is 0.279 e. The van der Waals surface area contributed by atoms with Crippen molar-refractivity contribution in [1.29, 1.82) is 0 Å². The fraction of sp³-hybridized carbons (Fsp3) is 0.857. The van der Waals surface area contributed by atoms with Crippen molar-refractivity contribution in [3.05, 3.63) is 0 Å². The van der Waals surface area contributed by atoms with Crippen LogP contribution in [0.1, 0.15) is 20.8 Å². The molecule has 0 atom stereocenters. The number of carbonyl (C=O) groups is 1. The van der Waals surface area contributed by atoms with Crippen molar-refractivity contribution < 1.29 is 4.79 Å². The van der Waals surface area contributed by atoms with E-state index in [0.717, 1.165) is 0 Å². The molecule has 0 rings (SSSR count). The lowest BCUT2D eigenvalue weighted by atomic mass is 10.7. The molecule has 0 aromatic carbocycles. The van der Waals surface area contributed by atoms with Gasteiger partial charge >= 0.3 is 0 Å². The van der Waals surface area contributed by atoms with Gasteiger partial charge in [0.25, 0.3) is 0 Å². The first-order valence-electron chi connectivity index (χ1n) is 3.47. The van der Waals surface area contributed by atoms with E-state index in [1.165, 1.54) is 11.9 Å². The molecule has 0 saturated heterocycles. The highest BCUT2D eigenvalue weighted by Crippen LogP contribution is 1.83. The van der Waals surface area contributed by atoms with Gasteiger partial charge in [-0.2, -0.15) is 0 Å². The maximum absolute atomic E-state index is 10.5. The van der Waals surface area contributed by atoms with Gasteiger partial charge in [0.15, 0.2) is 0 Å². The number of hydrazine groups is 1. The standard InChI is InChI=1S/C5H12N2O.C2H6/c1-5(8)7(4)6(2)3;1-2/h1-4H3;1-2H3. The smallest absolute Gasteiger partial charge is 0.233 e. The first-order chi connectivity index (χ1) is 4.55. The number of carbonyl (C=O) groups excluding carboxylic acids is 1. The van der Waals surface area contributed by atoms with E-state index in [2.05, 4.69) is 0 Å². The van der Waals surface area contributed by atoms with Crippen LogP contribution in [-0.2, 0) is 4.79 Å². The molecule has 0 N–H and O–H groups in total. The SMILES string of the molecule is CC.CC(=O)N(C)N(C)C. The average Bonchev–Trinajstić information content (AvgIpc) is 1.90. The predicted octanol–water partition coefficient (Wildman–Crippen LogP) is 0.968. The van der Waals surface area contributed by atoms with Crippen molar-refractivity contribution in [1.82, 2.24) is 10.0 Å². The zero-order chi connectivity index (χ0) is 8.73. The van der Waals surface area contributed by atoms with Crippen LogP contribution < -0.4 is 0 Å². The highest BCUT2D eigenvalue weighted by atomic mass is 16.2. The van der Waals surface area contributed by atoms with Gasteiger partial charge < -0.3 is 0 Å². The van der Waals surface area contributed by atoms with Gasteiger partial charge in [-0.15, -0.1) is 0 Å². The van der Waals surface area contributed by atoms with Crippen molar-refractivity contribution in [2.75, 3.05) is 21.1 Å². The number of rotatable bonds is 1. The summed E-state index contributed by atoms with van der Waals surface area (Å²) in [5.41, 5.74) is 0. The molecule has 0 aliphatic carbocycles. The minimum Gasteiger partial charge on any atom is -0.279 e. The monoisotopic (exact) mass is 146 g/mol. The van der Waals surface area contributed by atoms with Gasteiger partial charge in [0, 0.05) is 28.1 Å². The molecule has 3 nitrogen and oxygen atoms in total. The highest BCUT2D eigenvalue weighted by Gasteiger charge is 2.00. The molecule has 0 radical (unpaired) electrons. The Morgan fingerprint density at radius 3 is 1.40 bits per heavy atom. The lowest BCUT2D eigenvalue weighted by molar-refractivity contribution is -0.139. The quantitative estimate of drug-likeness (QED) is 0.515. The van der Waals surface area contributed by atoms with Crippen LogP contribution in [0.2, 0.25) is 0 Å². The van der Waals surface area contributed by atoms with E-state index in [4.69, 9.17) is 0 Å². The first-order valence-corrected chi connectivity index (χ1v) is 3.47. The molecule has 1 amide bonds. The van der Waals surface area contributed by atoms with Crippen LogP contribution in [0.4, 0.5) is 0 Å². The summed E-state index contributed by atoms with van der Waals surface area (Å²) >= 11 is 0. The molecule has 0 aromatic heterocycles. The predicted molar refractivity (Wildman–Crippen MR) is 43.5 cm³/mol. The summed E-state index contributed by atoms with van der Waals surface area (Å²) in [7, 11) is 5.37. The van der Waals surface area contributed by atoms with E-state index in [1.807, 2.05) is 27.9 Å². The van der Waals surface area contributed by atoms with Crippen molar-refractivity contribution in [3.63, 3.8) is 0 Å². The van der Waals surface area contributed by atoms with E-state index < -0.39 is 0 Å². The molecule has 0 aromatic rings. The molecular formula is C7H18N2O. The number of hydrogen-bond acceptors (Lipinski definition) is 2. The van der Waals surface area contributed by atoms with Gasteiger partial charge in [-0.1, -0.05) is 13.8 Å². The topological polar surface area (TPSA) is 23.6 Å². The number of nitrogens with zero attached hydrogens (tertiary/aromatic N) is 2. The maximum Gasteiger partial charge on any atom is 0.233 e. The van der Waals surface area contributed by atoms with Gasteiger partial charge in [0.1, 0.15) is 0 Å². The summed E-state index contributed by atoms with van der Waals surface area (Å²) in [5.74, 6) is 0.0509. The van der Waals surface area contributed by atoms with Gasteiger partial charge in [0.05, 0.1) is 0 Å². The van der Waals surface area contributed by atoms with Crippen LogP contribution in [0.5, 0.6) is 0 Å². The zero-order valence-corrected chi connectivity index (χ0v) is 7.80. The summed E-state index contributed by atoms with van der Waals surface area (Å²) in [6, 6.07) is 0. The van der Waals surface area contributed by atoms with Crippen molar-refractivity contribution in [2.24, 2.45) is 0 Å². The lowest BCUT2D eigenvalue weighted by Crippen LogP contribution is -2.36. The first kappa shape index (κ1) is 12.1. The minimum atomic E-state index is 0.0509. The molecule has 0 unspecified atom stereocenters. The van der Waals surface area contributed by atoms with Crippen LogP contribution in [0.15, 0.2) is 0 Å². The molecule has 0 saturated carbocycles. The Hall–Kier alpha value is -0.570. The van der Waals surface area contributed by atoms with Gasteiger partial charge in [0.2, 0.25) is 5.91 Å². The molecule has 3 heteroatoms. The van der Waals surface area contributed by atoms with Gasteiger partial charge in [-0.05, 0) is 0 Å². The van der Waals surface area contributed by atoms with Crippen LogP contribution in [0, 0.1) is 0 Å². The molecular weight excluding hydrogens is 128 g/mol. The van der Waals surface area contributed by atoms with E-state index in [1.54, 1.807) is 12.1 Å².